The van der Waals surface area contributed by atoms with E-state index in [1.165, 1.54) is 0 Å². The Labute approximate surface area is 124 Å². The molecule has 0 aliphatic rings. The number of aromatic hydroxyl groups is 1. The fourth-order valence-corrected chi connectivity index (χ4v) is 2.27. The minimum absolute atomic E-state index is 0.0253. The van der Waals surface area contributed by atoms with Crippen LogP contribution in [0.15, 0.2) is 30.6 Å². The predicted octanol–water partition coefficient (Wildman–Crippen LogP) is 2.56. The molecule has 1 amide bonds. The largest absolute Gasteiger partial charge is 0.507 e. The highest BCUT2D eigenvalue weighted by Crippen LogP contribution is 2.24. The number of amides is 1. The van der Waals surface area contributed by atoms with Crippen LogP contribution in [0.25, 0.3) is 0 Å². The van der Waals surface area contributed by atoms with E-state index in [4.69, 9.17) is 0 Å². The maximum atomic E-state index is 12.4. The van der Waals surface area contributed by atoms with E-state index in [1.807, 2.05) is 31.7 Å². The van der Waals surface area contributed by atoms with Gasteiger partial charge in [0.15, 0.2) is 0 Å². The van der Waals surface area contributed by atoms with Gasteiger partial charge in [-0.3, -0.25) is 4.79 Å². The molecule has 2 N–H and O–H groups in total. The normalized spacial score (nSPS) is 12.4. The van der Waals surface area contributed by atoms with Crippen LogP contribution in [0.3, 0.4) is 0 Å². The van der Waals surface area contributed by atoms with Gasteiger partial charge < -0.3 is 15.0 Å². The molecule has 0 saturated carbocycles. The molecule has 0 saturated heterocycles. The van der Waals surface area contributed by atoms with E-state index in [1.54, 1.807) is 31.3 Å². The van der Waals surface area contributed by atoms with Gasteiger partial charge in [0, 0.05) is 19.4 Å². The zero-order chi connectivity index (χ0) is 15.6. The lowest BCUT2D eigenvalue weighted by Crippen LogP contribution is -2.33. The van der Waals surface area contributed by atoms with Gasteiger partial charge in [0.05, 0.1) is 11.6 Å². The summed E-state index contributed by atoms with van der Waals surface area (Å²) in [5, 5.41) is 13.0. The van der Waals surface area contributed by atoms with Crippen molar-refractivity contribution in [2.45, 2.75) is 26.8 Å². The Bertz CT molecular complexity index is 647. The molecule has 5 nitrogen and oxygen atoms in total. The molecule has 0 unspecified atom stereocenters. The van der Waals surface area contributed by atoms with Gasteiger partial charge in [0.25, 0.3) is 5.91 Å². The second-order valence-electron chi connectivity index (χ2n) is 5.56. The van der Waals surface area contributed by atoms with Crippen molar-refractivity contribution in [2.24, 2.45) is 13.0 Å². The maximum absolute atomic E-state index is 12.4. The van der Waals surface area contributed by atoms with Crippen LogP contribution in [0.2, 0.25) is 0 Å². The predicted molar refractivity (Wildman–Crippen MR) is 81.1 cm³/mol. The quantitative estimate of drug-likeness (QED) is 0.908. The van der Waals surface area contributed by atoms with E-state index < -0.39 is 0 Å². The van der Waals surface area contributed by atoms with Crippen LogP contribution in [-0.2, 0) is 7.05 Å². The lowest BCUT2D eigenvalue weighted by molar-refractivity contribution is 0.0919. The summed E-state index contributed by atoms with van der Waals surface area (Å²) in [6.45, 7) is 5.82. The summed E-state index contributed by atoms with van der Waals surface area (Å²) in [6.07, 6.45) is 3.56. The number of phenolic OH excluding ortho intramolecular Hbond substituents is 1. The number of para-hydroxylation sites is 1. The molecular weight excluding hydrogens is 266 g/mol. The van der Waals surface area contributed by atoms with Crippen LogP contribution < -0.4 is 5.32 Å². The van der Waals surface area contributed by atoms with Gasteiger partial charge in [-0.05, 0) is 24.5 Å². The number of hydrogen-bond acceptors (Lipinski definition) is 3. The SMILES string of the molecule is Cc1cccc(C(=O)N[C@H](c2nccn2C)C(C)C)c1O. The van der Waals surface area contributed by atoms with E-state index in [0.29, 0.717) is 5.56 Å². The number of carbonyl (C=O) groups excluding carboxylic acids is 1. The minimum atomic E-state index is -0.294. The van der Waals surface area contributed by atoms with E-state index in [2.05, 4.69) is 10.3 Å². The van der Waals surface area contributed by atoms with Gasteiger partial charge in [0.1, 0.15) is 11.6 Å². The Morgan fingerprint density at radius 3 is 2.67 bits per heavy atom. The van der Waals surface area contributed by atoms with Crippen LogP contribution >= 0.6 is 0 Å². The van der Waals surface area contributed by atoms with Gasteiger partial charge in [0.2, 0.25) is 0 Å². The molecule has 0 fully saturated rings. The van der Waals surface area contributed by atoms with Crippen LogP contribution in [0.1, 0.15) is 41.6 Å². The highest BCUT2D eigenvalue weighted by atomic mass is 16.3. The van der Waals surface area contributed by atoms with Crippen molar-refractivity contribution in [3.63, 3.8) is 0 Å². The van der Waals surface area contributed by atoms with Crippen molar-refractivity contribution < 1.29 is 9.90 Å². The van der Waals surface area contributed by atoms with Crippen molar-refractivity contribution in [2.75, 3.05) is 0 Å². The van der Waals surface area contributed by atoms with Crippen molar-refractivity contribution in [3.8, 4) is 5.75 Å². The van der Waals surface area contributed by atoms with Crippen molar-refractivity contribution >= 4 is 5.91 Å². The molecule has 0 aliphatic heterocycles. The molecule has 1 atom stereocenters. The molecule has 21 heavy (non-hydrogen) atoms. The molecule has 1 aromatic carbocycles. The molecule has 5 heteroatoms. The van der Waals surface area contributed by atoms with Crippen molar-refractivity contribution in [3.05, 3.63) is 47.5 Å². The zero-order valence-corrected chi connectivity index (χ0v) is 12.8. The average Bonchev–Trinajstić information content (AvgIpc) is 2.84. The summed E-state index contributed by atoms with van der Waals surface area (Å²) in [4.78, 5) is 16.7. The third-order valence-corrected chi connectivity index (χ3v) is 3.57. The first-order chi connectivity index (χ1) is 9.91. The Kier molecular flexibility index (Phi) is 4.31. The zero-order valence-electron chi connectivity index (χ0n) is 12.8. The molecule has 1 heterocycles. The first-order valence-electron chi connectivity index (χ1n) is 6.98. The number of benzene rings is 1. The van der Waals surface area contributed by atoms with Gasteiger partial charge in [-0.2, -0.15) is 0 Å². The van der Waals surface area contributed by atoms with Crippen LogP contribution in [0, 0.1) is 12.8 Å². The first-order valence-corrected chi connectivity index (χ1v) is 6.98. The number of nitrogens with one attached hydrogen (secondary N) is 1. The van der Waals surface area contributed by atoms with Crippen LogP contribution in [0.5, 0.6) is 5.75 Å². The average molecular weight is 287 g/mol. The Morgan fingerprint density at radius 2 is 2.10 bits per heavy atom. The van der Waals surface area contributed by atoms with Gasteiger partial charge in [-0.1, -0.05) is 26.0 Å². The minimum Gasteiger partial charge on any atom is -0.507 e. The second-order valence-corrected chi connectivity index (χ2v) is 5.56. The summed E-state index contributed by atoms with van der Waals surface area (Å²) in [7, 11) is 1.90. The lowest BCUT2D eigenvalue weighted by Gasteiger charge is -2.22. The lowest BCUT2D eigenvalue weighted by atomic mass is 10.0. The Hall–Kier alpha value is -2.30. The molecule has 0 aliphatic carbocycles. The third kappa shape index (κ3) is 3.07. The van der Waals surface area contributed by atoms with Crippen LogP contribution in [-0.4, -0.2) is 20.6 Å². The Balaban J connectivity index is 2.28. The molecule has 112 valence electrons. The molecule has 2 aromatic rings. The standard InChI is InChI=1S/C16H21N3O2/c1-10(2)13(15-17-8-9-19(15)4)18-16(21)12-7-5-6-11(3)14(12)20/h5-10,13,20H,1-4H3,(H,18,21)/t13-/m0/s1. The van der Waals surface area contributed by atoms with E-state index >= 15 is 0 Å². The van der Waals surface area contributed by atoms with Gasteiger partial charge >= 0.3 is 0 Å². The summed E-state index contributed by atoms with van der Waals surface area (Å²) < 4.78 is 1.89. The number of nitrogens with zero attached hydrogens (tertiary/aromatic N) is 2. The monoisotopic (exact) mass is 287 g/mol. The van der Waals surface area contributed by atoms with Gasteiger partial charge in [-0.15, -0.1) is 0 Å². The summed E-state index contributed by atoms with van der Waals surface area (Å²) in [5.41, 5.74) is 0.968. The molecule has 0 radical (unpaired) electrons. The fraction of sp³-hybridized carbons (Fsp3) is 0.375. The molecule has 0 spiro atoms. The van der Waals surface area contributed by atoms with Crippen molar-refractivity contribution in [1.29, 1.82) is 0 Å². The molecule has 0 bridgehead atoms. The molecule has 2 rings (SSSR count). The second kappa shape index (κ2) is 5.99. The van der Waals surface area contributed by atoms with E-state index in [0.717, 1.165) is 5.82 Å². The number of imidazole rings is 1. The number of aryl methyl sites for hydroxylation is 2. The number of hydrogen-bond donors (Lipinski definition) is 2. The number of phenols is 1. The van der Waals surface area contributed by atoms with Crippen LogP contribution in [0.4, 0.5) is 0 Å². The fourth-order valence-electron chi connectivity index (χ4n) is 2.27. The topological polar surface area (TPSA) is 67.2 Å². The summed E-state index contributed by atoms with van der Waals surface area (Å²) in [6, 6.07) is 4.94. The maximum Gasteiger partial charge on any atom is 0.255 e. The number of carbonyl (C=O) groups is 1. The number of aromatic nitrogens is 2. The smallest absolute Gasteiger partial charge is 0.255 e. The highest BCUT2D eigenvalue weighted by molar-refractivity contribution is 5.97. The van der Waals surface area contributed by atoms with E-state index in [9.17, 15) is 9.90 Å². The highest BCUT2D eigenvalue weighted by Gasteiger charge is 2.23. The van der Waals surface area contributed by atoms with E-state index in [-0.39, 0.29) is 29.2 Å². The number of rotatable bonds is 4. The van der Waals surface area contributed by atoms with Gasteiger partial charge in [-0.25, -0.2) is 4.98 Å². The molecular formula is C16H21N3O2. The van der Waals surface area contributed by atoms with Crippen molar-refractivity contribution in [1.82, 2.24) is 14.9 Å². The molecule has 1 aromatic heterocycles. The first kappa shape index (κ1) is 15.1. The summed E-state index contributed by atoms with van der Waals surface area (Å²) in [5.74, 6) is 0.711. The Morgan fingerprint density at radius 1 is 1.38 bits per heavy atom. The third-order valence-electron chi connectivity index (χ3n) is 3.57. The summed E-state index contributed by atoms with van der Waals surface area (Å²) >= 11 is 0.